The van der Waals surface area contributed by atoms with Crippen LogP contribution in [0, 0.1) is 0 Å². The van der Waals surface area contributed by atoms with Gasteiger partial charge in [0.2, 0.25) is 11.8 Å². The van der Waals surface area contributed by atoms with Crippen molar-refractivity contribution >= 4 is 11.9 Å². The van der Waals surface area contributed by atoms with E-state index < -0.39 is 0 Å². The Morgan fingerprint density at radius 3 is 2.79 bits per heavy atom. The number of nitrogens with zero attached hydrogens (tertiary/aromatic N) is 3. The first-order valence-corrected chi connectivity index (χ1v) is 6.56. The Kier molecular flexibility index (Phi) is 6.27. The zero-order valence-electron chi connectivity index (χ0n) is 12.1. The van der Waals surface area contributed by atoms with Gasteiger partial charge in [-0.15, -0.1) is 5.10 Å². The smallest absolute Gasteiger partial charge is 0.318 e. The first-order valence-electron chi connectivity index (χ1n) is 6.56. The van der Waals surface area contributed by atoms with Gasteiger partial charge in [0.1, 0.15) is 6.54 Å². The predicted molar refractivity (Wildman–Crippen MR) is 72.8 cm³/mol. The first-order chi connectivity index (χ1) is 9.02. The molecule has 2 N–H and O–H groups in total. The molecule has 0 aliphatic rings. The topological polar surface area (TPSA) is 83.3 Å². The number of hydrogen-bond acceptors (Lipinski definition) is 6. The van der Waals surface area contributed by atoms with Gasteiger partial charge in [-0.1, -0.05) is 12.0 Å². The van der Waals surface area contributed by atoms with Crippen LogP contribution in [0.15, 0.2) is 4.42 Å². The number of aromatic nitrogens is 2. The van der Waals surface area contributed by atoms with Crippen LogP contribution in [0.4, 0.5) is 6.01 Å². The summed E-state index contributed by atoms with van der Waals surface area (Å²) in [6, 6.07) is 0.476. The van der Waals surface area contributed by atoms with E-state index in [1.54, 1.807) is 11.9 Å². The van der Waals surface area contributed by atoms with Crippen LogP contribution in [0.3, 0.4) is 0 Å². The van der Waals surface area contributed by atoms with Crippen molar-refractivity contribution in [2.24, 2.45) is 0 Å². The maximum Gasteiger partial charge on any atom is 0.318 e. The molecular formula is C12H23N5O2. The third-order valence-electron chi connectivity index (χ3n) is 2.32. The molecule has 0 atom stereocenters. The average molecular weight is 269 g/mol. The minimum Gasteiger partial charge on any atom is -0.407 e. The number of carbonyl (C=O) groups excluding carboxylic acids is 1. The van der Waals surface area contributed by atoms with Crippen LogP contribution < -0.4 is 15.5 Å². The highest BCUT2D eigenvalue weighted by Gasteiger charge is 2.14. The highest BCUT2D eigenvalue weighted by Crippen LogP contribution is 2.09. The molecule has 0 spiro atoms. The summed E-state index contributed by atoms with van der Waals surface area (Å²) in [4.78, 5) is 13.2. The highest BCUT2D eigenvalue weighted by molar-refractivity contribution is 5.80. The van der Waals surface area contributed by atoms with Crippen molar-refractivity contribution in [3.8, 4) is 0 Å². The summed E-state index contributed by atoms with van der Waals surface area (Å²) in [6.45, 7) is 7.58. The molecule has 7 nitrogen and oxygen atoms in total. The van der Waals surface area contributed by atoms with Crippen LogP contribution in [0.2, 0.25) is 0 Å². The Hall–Kier alpha value is -1.63. The van der Waals surface area contributed by atoms with Crippen molar-refractivity contribution in [2.75, 3.05) is 25.0 Å². The summed E-state index contributed by atoms with van der Waals surface area (Å²) in [5.74, 6) is 0.459. The van der Waals surface area contributed by atoms with E-state index >= 15 is 0 Å². The van der Waals surface area contributed by atoms with E-state index in [0.29, 0.717) is 18.5 Å². The summed E-state index contributed by atoms with van der Waals surface area (Å²) < 4.78 is 5.46. The predicted octanol–water partition coefficient (Wildman–Crippen LogP) is 0.530. The lowest BCUT2D eigenvalue weighted by molar-refractivity contribution is -0.120. The van der Waals surface area contributed by atoms with Gasteiger partial charge in [-0.3, -0.25) is 4.79 Å². The molecule has 1 aromatic rings. The Bertz CT molecular complexity index is 391. The Labute approximate surface area is 113 Å². The van der Waals surface area contributed by atoms with E-state index in [1.165, 1.54) is 0 Å². The zero-order chi connectivity index (χ0) is 14.3. The SMILES string of the molecule is CCCNCc1nnc(N(C)CC(=O)NC(C)C)o1. The zero-order valence-corrected chi connectivity index (χ0v) is 12.1. The van der Waals surface area contributed by atoms with Gasteiger partial charge in [0.05, 0.1) is 6.54 Å². The van der Waals surface area contributed by atoms with E-state index in [2.05, 4.69) is 27.8 Å². The van der Waals surface area contributed by atoms with Crippen molar-refractivity contribution in [1.82, 2.24) is 20.8 Å². The molecule has 1 amide bonds. The Morgan fingerprint density at radius 1 is 1.42 bits per heavy atom. The van der Waals surface area contributed by atoms with Gasteiger partial charge in [0.15, 0.2) is 0 Å². The third kappa shape index (κ3) is 5.69. The molecule has 0 saturated heterocycles. The second kappa shape index (κ2) is 7.73. The van der Waals surface area contributed by atoms with E-state index in [1.807, 2.05) is 13.8 Å². The van der Waals surface area contributed by atoms with Gasteiger partial charge in [-0.2, -0.15) is 0 Å². The van der Waals surface area contributed by atoms with Crippen molar-refractivity contribution in [3.05, 3.63) is 5.89 Å². The minimum atomic E-state index is -0.0682. The van der Waals surface area contributed by atoms with Crippen molar-refractivity contribution < 1.29 is 9.21 Å². The van der Waals surface area contributed by atoms with Crippen LogP contribution in [0.1, 0.15) is 33.1 Å². The fraction of sp³-hybridized carbons (Fsp3) is 0.750. The van der Waals surface area contributed by atoms with Crippen LogP contribution in [-0.4, -0.2) is 42.3 Å². The highest BCUT2D eigenvalue weighted by atomic mass is 16.4. The molecule has 1 heterocycles. The standard InChI is InChI=1S/C12H23N5O2/c1-5-6-13-7-11-15-16-12(19-11)17(4)8-10(18)14-9(2)3/h9,13H,5-8H2,1-4H3,(H,14,18). The maximum absolute atomic E-state index is 11.6. The number of nitrogens with one attached hydrogen (secondary N) is 2. The molecule has 0 bridgehead atoms. The van der Waals surface area contributed by atoms with Crippen LogP contribution in [0.5, 0.6) is 0 Å². The molecule has 0 aliphatic carbocycles. The lowest BCUT2D eigenvalue weighted by Crippen LogP contribution is -2.38. The van der Waals surface area contributed by atoms with Gasteiger partial charge < -0.3 is 20.0 Å². The quantitative estimate of drug-likeness (QED) is 0.670. The first kappa shape index (κ1) is 15.4. The van der Waals surface area contributed by atoms with Crippen molar-refractivity contribution in [3.63, 3.8) is 0 Å². The minimum absolute atomic E-state index is 0.0682. The summed E-state index contributed by atoms with van der Waals surface area (Å²) >= 11 is 0. The molecule has 0 aliphatic heterocycles. The molecule has 19 heavy (non-hydrogen) atoms. The fourth-order valence-corrected chi connectivity index (χ4v) is 1.49. The van der Waals surface area contributed by atoms with Crippen LogP contribution >= 0.6 is 0 Å². The molecule has 1 aromatic heterocycles. The molecule has 0 aromatic carbocycles. The number of anilines is 1. The summed E-state index contributed by atoms with van der Waals surface area (Å²) in [6.07, 6.45) is 1.05. The fourth-order valence-electron chi connectivity index (χ4n) is 1.49. The monoisotopic (exact) mass is 269 g/mol. The van der Waals surface area contributed by atoms with E-state index in [9.17, 15) is 4.79 Å². The van der Waals surface area contributed by atoms with Gasteiger partial charge in [-0.25, -0.2) is 0 Å². The molecule has 7 heteroatoms. The normalized spacial score (nSPS) is 10.8. The largest absolute Gasteiger partial charge is 0.407 e. The molecule has 0 unspecified atom stereocenters. The van der Waals surface area contributed by atoms with Crippen LogP contribution in [-0.2, 0) is 11.3 Å². The van der Waals surface area contributed by atoms with E-state index in [-0.39, 0.29) is 18.5 Å². The van der Waals surface area contributed by atoms with Gasteiger partial charge in [0.25, 0.3) is 0 Å². The van der Waals surface area contributed by atoms with E-state index in [0.717, 1.165) is 13.0 Å². The lowest BCUT2D eigenvalue weighted by atomic mass is 10.4. The van der Waals surface area contributed by atoms with E-state index in [4.69, 9.17) is 4.42 Å². The average Bonchev–Trinajstić information content (AvgIpc) is 2.77. The lowest BCUT2D eigenvalue weighted by Gasteiger charge is -2.14. The molecular weight excluding hydrogens is 246 g/mol. The third-order valence-corrected chi connectivity index (χ3v) is 2.32. The summed E-state index contributed by atoms with van der Waals surface area (Å²) in [5, 5.41) is 13.8. The summed E-state index contributed by atoms with van der Waals surface area (Å²) in [7, 11) is 1.75. The van der Waals surface area contributed by atoms with Gasteiger partial charge in [0, 0.05) is 13.1 Å². The molecule has 0 fully saturated rings. The Morgan fingerprint density at radius 2 is 2.16 bits per heavy atom. The van der Waals surface area contributed by atoms with Gasteiger partial charge in [-0.05, 0) is 26.8 Å². The molecule has 1 rings (SSSR count). The number of rotatable bonds is 8. The van der Waals surface area contributed by atoms with Crippen LogP contribution in [0.25, 0.3) is 0 Å². The second-order valence-corrected chi connectivity index (χ2v) is 4.73. The van der Waals surface area contributed by atoms with Crippen molar-refractivity contribution in [2.45, 2.75) is 39.8 Å². The number of hydrogen-bond donors (Lipinski definition) is 2. The second-order valence-electron chi connectivity index (χ2n) is 4.73. The van der Waals surface area contributed by atoms with Crippen molar-refractivity contribution in [1.29, 1.82) is 0 Å². The molecule has 0 radical (unpaired) electrons. The number of amides is 1. The Balaban J connectivity index is 2.44. The summed E-state index contributed by atoms with van der Waals surface area (Å²) in [5.41, 5.74) is 0. The van der Waals surface area contributed by atoms with Gasteiger partial charge >= 0.3 is 6.01 Å². The number of likely N-dealkylation sites (N-methyl/N-ethyl adjacent to an activating group) is 1. The molecule has 0 saturated carbocycles. The molecule has 108 valence electrons. The number of carbonyl (C=O) groups is 1. The maximum atomic E-state index is 11.6.